The number of hydrogen-bond acceptors (Lipinski definition) is 4. The fraction of sp³-hybridized carbons (Fsp3) is 0.750. The third kappa shape index (κ3) is 2.30. The van der Waals surface area contributed by atoms with Gasteiger partial charge in [-0.25, -0.2) is 0 Å². The maximum atomic E-state index is 5.02. The van der Waals surface area contributed by atoms with E-state index in [1.54, 1.807) is 0 Å². The first-order valence-corrected chi connectivity index (χ1v) is 4.27. The molecule has 1 N–H and O–H groups in total. The van der Waals surface area contributed by atoms with Gasteiger partial charge in [0.05, 0.1) is 6.54 Å². The molecule has 0 spiro atoms. The van der Waals surface area contributed by atoms with E-state index in [9.17, 15) is 0 Å². The monoisotopic (exact) mass is 169 g/mol. The standard InChI is InChI=1S/C8H15N3O/c1-4-9-5-7-10-8(6(2)3)12-11-7/h6,9H,4-5H2,1-3H3. The van der Waals surface area contributed by atoms with Crippen LogP contribution in [0.4, 0.5) is 0 Å². The molecule has 0 fully saturated rings. The van der Waals surface area contributed by atoms with Crippen molar-refractivity contribution in [1.82, 2.24) is 15.5 Å². The van der Waals surface area contributed by atoms with Crippen LogP contribution < -0.4 is 5.32 Å². The predicted octanol–water partition coefficient (Wildman–Crippen LogP) is 1.30. The predicted molar refractivity (Wildman–Crippen MR) is 45.8 cm³/mol. The third-order valence-corrected chi connectivity index (χ3v) is 1.51. The average Bonchev–Trinajstić information content (AvgIpc) is 2.48. The summed E-state index contributed by atoms with van der Waals surface area (Å²) in [5.41, 5.74) is 0. The highest BCUT2D eigenvalue weighted by molar-refractivity contribution is 4.90. The Morgan fingerprint density at radius 3 is 2.75 bits per heavy atom. The Kier molecular flexibility index (Phi) is 3.22. The summed E-state index contributed by atoms with van der Waals surface area (Å²) < 4.78 is 5.02. The molecule has 1 rings (SSSR count). The van der Waals surface area contributed by atoms with Crippen molar-refractivity contribution in [2.75, 3.05) is 6.54 Å². The summed E-state index contributed by atoms with van der Waals surface area (Å²) in [6, 6.07) is 0. The molecule has 12 heavy (non-hydrogen) atoms. The molecule has 0 aliphatic heterocycles. The number of aromatic nitrogens is 2. The molecule has 0 bridgehead atoms. The lowest BCUT2D eigenvalue weighted by Crippen LogP contribution is -2.12. The maximum absolute atomic E-state index is 5.02. The van der Waals surface area contributed by atoms with E-state index in [2.05, 4.69) is 15.5 Å². The zero-order valence-corrected chi connectivity index (χ0v) is 7.79. The van der Waals surface area contributed by atoms with Gasteiger partial charge in [-0.05, 0) is 6.54 Å². The van der Waals surface area contributed by atoms with Gasteiger partial charge >= 0.3 is 0 Å². The van der Waals surface area contributed by atoms with Crippen LogP contribution in [-0.2, 0) is 6.54 Å². The van der Waals surface area contributed by atoms with Crippen LogP contribution in [-0.4, -0.2) is 16.7 Å². The maximum Gasteiger partial charge on any atom is 0.229 e. The first kappa shape index (κ1) is 9.19. The van der Waals surface area contributed by atoms with Crippen molar-refractivity contribution in [1.29, 1.82) is 0 Å². The lowest BCUT2D eigenvalue weighted by molar-refractivity contribution is 0.359. The Hall–Kier alpha value is -0.900. The van der Waals surface area contributed by atoms with Gasteiger partial charge in [-0.2, -0.15) is 4.98 Å². The Balaban J connectivity index is 2.52. The number of hydrogen-bond donors (Lipinski definition) is 1. The Labute approximate surface area is 72.4 Å². The summed E-state index contributed by atoms with van der Waals surface area (Å²) in [6.07, 6.45) is 0. The molecule has 0 amide bonds. The third-order valence-electron chi connectivity index (χ3n) is 1.51. The van der Waals surface area contributed by atoms with E-state index in [1.807, 2.05) is 20.8 Å². The van der Waals surface area contributed by atoms with Gasteiger partial charge in [-0.1, -0.05) is 25.9 Å². The second kappa shape index (κ2) is 4.21. The first-order chi connectivity index (χ1) is 5.74. The molecule has 1 aromatic rings. The summed E-state index contributed by atoms with van der Waals surface area (Å²) in [7, 11) is 0. The van der Waals surface area contributed by atoms with Crippen molar-refractivity contribution in [3.05, 3.63) is 11.7 Å². The lowest BCUT2D eigenvalue weighted by Gasteiger charge is -1.93. The minimum Gasteiger partial charge on any atom is -0.339 e. The lowest BCUT2D eigenvalue weighted by atomic mass is 10.2. The highest BCUT2D eigenvalue weighted by Gasteiger charge is 2.08. The molecule has 0 radical (unpaired) electrons. The summed E-state index contributed by atoms with van der Waals surface area (Å²) in [5, 5.41) is 6.96. The molecule has 68 valence electrons. The van der Waals surface area contributed by atoms with Crippen LogP contribution >= 0.6 is 0 Å². The van der Waals surface area contributed by atoms with Crippen molar-refractivity contribution < 1.29 is 4.52 Å². The second-order valence-corrected chi connectivity index (χ2v) is 2.98. The second-order valence-electron chi connectivity index (χ2n) is 2.98. The Morgan fingerprint density at radius 1 is 1.50 bits per heavy atom. The molecule has 0 aliphatic rings. The van der Waals surface area contributed by atoms with Crippen LogP contribution in [0.15, 0.2) is 4.52 Å². The van der Waals surface area contributed by atoms with E-state index in [-0.39, 0.29) is 0 Å². The molecule has 0 saturated carbocycles. The molecule has 0 aliphatic carbocycles. The normalized spacial score (nSPS) is 11.0. The zero-order chi connectivity index (χ0) is 8.97. The van der Waals surface area contributed by atoms with Gasteiger partial charge in [0.15, 0.2) is 5.82 Å². The van der Waals surface area contributed by atoms with Crippen LogP contribution in [0.1, 0.15) is 38.4 Å². The summed E-state index contributed by atoms with van der Waals surface area (Å²) in [5.74, 6) is 1.76. The van der Waals surface area contributed by atoms with Gasteiger partial charge in [0.1, 0.15) is 0 Å². The molecular weight excluding hydrogens is 154 g/mol. The van der Waals surface area contributed by atoms with E-state index in [0.717, 1.165) is 12.4 Å². The number of rotatable bonds is 4. The number of nitrogens with zero attached hydrogens (tertiary/aromatic N) is 2. The van der Waals surface area contributed by atoms with E-state index in [4.69, 9.17) is 4.52 Å². The molecule has 0 atom stereocenters. The quantitative estimate of drug-likeness (QED) is 0.738. The topological polar surface area (TPSA) is 51.0 Å². The fourth-order valence-electron chi connectivity index (χ4n) is 0.811. The van der Waals surface area contributed by atoms with Crippen LogP contribution in [0, 0.1) is 0 Å². The minimum atomic E-state index is 0.313. The molecule has 0 unspecified atom stereocenters. The number of nitrogens with one attached hydrogen (secondary N) is 1. The average molecular weight is 169 g/mol. The van der Waals surface area contributed by atoms with Crippen molar-refractivity contribution in [3.63, 3.8) is 0 Å². The van der Waals surface area contributed by atoms with Crippen LogP contribution in [0.5, 0.6) is 0 Å². The Bertz CT molecular complexity index is 232. The van der Waals surface area contributed by atoms with Gasteiger partial charge in [0.25, 0.3) is 0 Å². The van der Waals surface area contributed by atoms with Crippen molar-refractivity contribution in [2.24, 2.45) is 0 Å². The van der Waals surface area contributed by atoms with Gasteiger partial charge in [0, 0.05) is 5.92 Å². The van der Waals surface area contributed by atoms with Crippen molar-refractivity contribution in [2.45, 2.75) is 33.2 Å². The van der Waals surface area contributed by atoms with Gasteiger partial charge in [0.2, 0.25) is 5.89 Å². The van der Waals surface area contributed by atoms with Crippen LogP contribution in [0.25, 0.3) is 0 Å². The summed E-state index contributed by atoms with van der Waals surface area (Å²) in [6.45, 7) is 7.72. The molecule has 0 saturated heterocycles. The van der Waals surface area contributed by atoms with Crippen LogP contribution in [0.3, 0.4) is 0 Å². The van der Waals surface area contributed by atoms with E-state index in [1.165, 1.54) is 0 Å². The first-order valence-electron chi connectivity index (χ1n) is 4.27. The SMILES string of the molecule is CCNCc1noc(C(C)C)n1. The minimum absolute atomic E-state index is 0.313. The molecule has 0 aromatic carbocycles. The van der Waals surface area contributed by atoms with E-state index < -0.39 is 0 Å². The highest BCUT2D eigenvalue weighted by Crippen LogP contribution is 2.10. The van der Waals surface area contributed by atoms with Gasteiger partial charge in [-0.3, -0.25) is 0 Å². The van der Waals surface area contributed by atoms with E-state index in [0.29, 0.717) is 18.4 Å². The Morgan fingerprint density at radius 2 is 2.25 bits per heavy atom. The molecule has 1 heterocycles. The summed E-state index contributed by atoms with van der Waals surface area (Å²) >= 11 is 0. The van der Waals surface area contributed by atoms with E-state index >= 15 is 0 Å². The largest absolute Gasteiger partial charge is 0.339 e. The molecule has 1 aromatic heterocycles. The van der Waals surface area contributed by atoms with Crippen molar-refractivity contribution >= 4 is 0 Å². The van der Waals surface area contributed by atoms with Gasteiger partial charge < -0.3 is 9.84 Å². The van der Waals surface area contributed by atoms with Crippen molar-refractivity contribution in [3.8, 4) is 0 Å². The molecule has 4 nitrogen and oxygen atoms in total. The summed E-state index contributed by atoms with van der Waals surface area (Å²) in [4.78, 5) is 4.21. The zero-order valence-electron chi connectivity index (χ0n) is 7.79. The van der Waals surface area contributed by atoms with Gasteiger partial charge in [-0.15, -0.1) is 0 Å². The smallest absolute Gasteiger partial charge is 0.229 e. The molecular formula is C8H15N3O. The fourth-order valence-corrected chi connectivity index (χ4v) is 0.811. The molecule has 4 heteroatoms. The van der Waals surface area contributed by atoms with Crippen LogP contribution in [0.2, 0.25) is 0 Å². The highest BCUT2D eigenvalue weighted by atomic mass is 16.5.